The monoisotopic (exact) mass is 409 g/mol. The van der Waals surface area contributed by atoms with Gasteiger partial charge in [0.2, 0.25) is 5.88 Å². The normalized spacial score (nSPS) is 15.3. The standard InChI is InChI=1S/C19H16ClN7O2/c20-11-2-1-3-13(7-11)22-15-8-16(23-12-4-5-12)27-17(25-15)10(9-21-27)6-14-18(28)26-19(29)24-14/h1-3,6-9,12,22,28H,4-5H2,(H2,24,26,29)/b10-6-,23-16?. The van der Waals surface area contributed by atoms with E-state index in [0.29, 0.717) is 33.2 Å². The van der Waals surface area contributed by atoms with Gasteiger partial charge in [-0.15, -0.1) is 0 Å². The van der Waals surface area contributed by atoms with Gasteiger partial charge in [-0.3, -0.25) is 9.98 Å². The molecule has 0 unspecified atom stereocenters. The van der Waals surface area contributed by atoms with E-state index in [-0.39, 0.29) is 11.6 Å². The van der Waals surface area contributed by atoms with Gasteiger partial charge in [-0.1, -0.05) is 17.7 Å². The van der Waals surface area contributed by atoms with Crippen LogP contribution in [0.3, 0.4) is 0 Å². The number of imidazole rings is 1. The van der Waals surface area contributed by atoms with Crippen molar-refractivity contribution in [2.75, 3.05) is 5.32 Å². The van der Waals surface area contributed by atoms with Gasteiger partial charge in [0, 0.05) is 22.0 Å². The lowest BCUT2D eigenvalue weighted by molar-refractivity contribution is 0.454. The van der Waals surface area contributed by atoms with E-state index in [9.17, 15) is 9.90 Å². The largest absolute Gasteiger partial charge is 0.493 e. The Bertz CT molecular complexity index is 1400. The molecule has 0 saturated heterocycles. The average molecular weight is 410 g/mol. The zero-order valence-corrected chi connectivity index (χ0v) is 15.8. The molecule has 0 aliphatic heterocycles. The lowest BCUT2D eigenvalue weighted by atomic mass is 10.3. The minimum atomic E-state index is -0.495. The van der Waals surface area contributed by atoms with Crippen molar-refractivity contribution < 1.29 is 5.11 Å². The molecule has 3 heterocycles. The number of fused-ring (bicyclic) bond motifs is 1. The van der Waals surface area contributed by atoms with Crippen LogP contribution in [0.5, 0.6) is 5.88 Å². The summed E-state index contributed by atoms with van der Waals surface area (Å²) in [6.45, 7) is 0. The Labute approximate surface area is 168 Å². The Morgan fingerprint density at radius 2 is 2.17 bits per heavy atom. The van der Waals surface area contributed by atoms with Crippen molar-refractivity contribution in [3.63, 3.8) is 0 Å². The number of aromatic hydroxyl groups is 1. The highest BCUT2D eigenvalue weighted by molar-refractivity contribution is 6.30. The molecule has 0 bridgehead atoms. The highest BCUT2D eigenvalue weighted by atomic mass is 35.5. The molecule has 5 rings (SSSR count). The fourth-order valence-corrected chi connectivity index (χ4v) is 3.16. The molecule has 9 nitrogen and oxygen atoms in total. The molecule has 4 aromatic rings. The van der Waals surface area contributed by atoms with Crippen LogP contribution in [0.25, 0.3) is 11.7 Å². The van der Waals surface area contributed by atoms with E-state index in [1.807, 2.05) is 18.2 Å². The van der Waals surface area contributed by atoms with Crippen LogP contribution >= 0.6 is 11.6 Å². The molecular weight excluding hydrogens is 394 g/mol. The van der Waals surface area contributed by atoms with Crippen molar-refractivity contribution in [1.82, 2.24) is 24.6 Å². The fraction of sp³-hybridized carbons (Fsp3) is 0.158. The van der Waals surface area contributed by atoms with Crippen molar-refractivity contribution >= 4 is 34.8 Å². The first-order valence-corrected chi connectivity index (χ1v) is 9.41. The fourth-order valence-electron chi connectivity index (χ4n) is 2.97. The van der Waals surface area contributed by atoms with Gasteiger partial charge in [-0.25, -0.2) is 9.78 Å². The van der Waals surface area contributed by atoms with Crippen LogP contribution in [0.4, 0.5) is 11.5 Å². The van der Waals surface area contributed by atoms with Crippen molar-refractivity contribution in [1.29, 1.82) is 0 Å². The Morgan fingerprint density at radius 3 is 2.90 bits per heavy atom. The summed E-state index contributed by atoms with van der Waals surface area (Å²) in [5.74, 6) is 0.339. The minimum Gasteiger partial charge on any atom is -0.493 e. The van der Waals surface area contributed by atoms with E-state index >= 15 is 0 Å². The first-order chi connectivity index (χ1) is 14.0. The lowest BCUT2D eigenvalue weighted by Crippen LogP contribution is -2.19. The molecule has 1 aliphatic rings. The second-order valence-corrected chi connectivity index (χ2v) is 7.25. The third-order valence-corrected chi connectivity index (χ3v) is 4.71. The molecule has 10 heteroatoms. The number of anilines is 2. The summed E-state index contributed by atoms with van der Waals surface area (Å²) in [6.07, 6.45) is 5.33. The van der Waals surface area contributed by atoms with E-state index < -0.39 is 5.69 Å². The first kappa shape index (κ1) is 17.5. The molecule has 3 aromatic heterocycles. The van der Waals surface area contributed by atoms with Gasteiger partial charge in [0.25, 0.3) is 0 Å². The molecule has 1 fully saturated rings. The maximum Gasteiger partial charge on any atom is 0.326 e. The second-order valence-electron chi connectivity index (χ2n) is 6.82. The number of benzene rings is 1. The maximum absolute atomic E-state index is 11.4. The SMILES string of the molecule is O=c1[nH]c(O)c(/C=c2/cnn3c(=NC4CC4)cc(Nc4cccc(Cl)c4)nc23)[nH]1. The van der Waals surface area contributed by atoms with Gasteiger partial charge in [0.1, 0.15) is 11.5 Å². The smallest absolute Gasteiger partial charge is 0.326 e. The number of nitrogens with zero attached hydrogens (tertiary/aromatic N) is 4. The van der Waals surface area contributed by atoms with Gasteiger partial charge in [-0.2, -0.15) is 9.61 Å². The summed E-state index contributed by atoms with van der Waals surface area (Å²) in [5, 5.41) is 18.7. The summed E-state index contributed by atoms with van der Waals surface area (Å²) in [4.78, 5) is 25.6. The summed E-state index contributed by atoms with van der Waals surface area (Å²) in [5.41, 5.74) is 1.77. The number of aromatic nitrogens is 5. The predicted molar refractivity (Wildman–Crippen MR) is 108 cm³/mol. The van der Waals surface area contributed by atoms with Crippen LogP contribution in [0.15, 0.2) is 46.3 Å². The molecule has 29 heavy (non-hydrogen) atoms. The van der Waals surface area contributed by atoms with Crippen molar-refractivity contribution in [2.24, 2.45) is 4.99 Å². The van der Waals surface area contributed by atoms with Crippen LogP contribution in [0.1, 0.15) is 18.5 Å². The number of hydrogen-bond acceptors (Lipinski definition) is 6. The summed E-state index contributed by atoms with van der Waals surface area (Å²) >= 11 is 6.08. The number of halogens is 1. The van der Waals surface area contributed by atoms with E-state index in [2.05, 4.69) is 25.4 Å². The van der Waals surface area contributed by atoms with Crippen LogP contribution in [-0.2, 0) is 0 Å². The highest BCUT2D eigenvalue weighted by Crippen LogP contribution is 2.23. The average Bonchev–Trinajstić information content (AvgIpc) is 3.31. The van der Waals surface area contributed by atoms with Crippen molar-refractivity contribution in [3.05, 3.63) is 68.4 Å². The highest BCUT2D eigenvalue weighted by Gasteiger charge is 2.20. The topological polar surface area (TPSA) is 123 Å². The van der Waals surface area contributed by atoms with Gasteiger partial charge in [0.05, 0.1) is 12.2 Å². The Morgan fingerprint density at radius 1 is 1.31 bits per heavy atom. The number of nitrogens with one attached hydrogen (secondary N) is 3. The molecular formula is C19H16ClN7O2. The summed E-state index contributed by atoms with van der Waals surface area (Å²) < 4.78 is 1.65. The Balaban J connectivity index is 1.68. The molecule has 0 atom stereocenters. The summed E-state index contributed by atoms with van der Waals surface area (Å²) in [6, 6.07) is 9.46. The third-order valence-electron chi connectivity index (χ3n) is 4.47. The van der Waals surface area contributed by atoms with Crippen LogP contribution in [-0.4, -0.2) is 35.7 Å². The van der Waals surface area contributed by atoms with Crippen molar-refractivity contribution in [2.45, 2.75) is 18.9 Å². The Kier molecular flexibility index (Phi) is 4.09. The number of H-pyrrole nitrogens is 2. The van der Waals surface area contributed by atoms with Crippen LogP contribution in [0, 0.1) is 0 Å². The zero-order chi connectivity index (χ0) is 20.0. The van der Waals surface area contributed by atoms with Gasteiger partial charge < -0.3 is 15.4 Å². The lowest BCUT2D eigenvalue weighted by Gasteiger charge is -2.06. The molecule has 4 N–H and O–H groups in total. The zero-order valence-electron chi connectivity index (χ0n) is 15.1. The van der Waals surface area contributed by atoms with E-state index in [1.54, 1.807) is 28.9 Å². The van der Waals surface area contributed by atoms with E-state index in [1.165, 1.54) is 0 Å². The van der Waals surface area contributed by atoms with Gasteiger partial charge >= 0.3 is 5.69 Å². The molecule has 146 valence electrons. The third kappa shape index (κ3) is 3.59. The van der Waals surface area contributed by atoms with E-state index in [4.69, 9.17) is 16.6 Å². The maximum atomic E-state index is 11.4. The molecule has 0 spiro atoms. The van der Waals surface area contributed by atoms with Crippen LogP contribution in [0.2, 0.25) is 5.02 Å². The van der Waals surface area contributed by atoms with E-state index in [0.717, 1.165) is 18.5 Å². The van der Waals surface area contributed by atoms with Gasteiger partial charge in [0.15, 0.2) is 11.1 Å². The second kappa shape index (κ2) is 6.78. The summed E-state index contributed by atoms with van der Waals surface area (Å²) in [7, 11) is 0. The number of hydrogen-bond donors (Lipinski definition) is 4. The Hall–Kier alpha value is -3.59. The molecule has 1 saturated carbocycles. The number of aromatic amines is 2. The predicted octanol–water partition coefficient (Wildman–Crippen LogP) is 1.46. The molecule has 0 radical (unpaired) electrons. The first-order valence-electron chi connectivity index (χ1n) is 9.03. The van der Waals surface area contributed by atoms with Crippen LogP contribution < -0.4 is 21.7 Å². The minimum absolute atomic E-state index is 0.245. The van der Waals surface area contributed by atoms with Crippen molar-refractivity contribution in [3.8, 4) is 5.88 Å². The molecule has 1 aromatic carbocycles. The number of rotatable bonds is 4. The van der Waals surface area contributed by atoms with Gasteiger partial charge in [-0.05, 0) is 37.1 Å². The molecule has 0 amide bonds. The quantitative estimate of drug-likeness (QED) is 0.406. The molecule has 1 aliphatic carbocycles.